The van der Waals surface area contributed by atoms with Crippen molar-refractivity contribution in [2.75, 3.05) is 13.2 Å². The van der Waals surface area contributed by atoms with Crippen LogP contribution in [-0.4, -0.2) is 25.7 Å². The van der Waals surface area contributed by atoms with Crippen LogP contribution in [0.5, 0.6) is 0 Å². The summed E-state index contributed by atoms with van der Waals surface area (Å²) in [4.78, 5) is 10.2. The van der Waals surface area contributed by atoms with Crippen molar-refractivity contribution in [3.05, 3.63) is 0 Å². The van der Waals surface area contributed by atoms with Gasteiger partial charge >= 0.3 is 0 Å². The Hall–Kier alpha value is -0.570. The monoisotopic (exact) mass is 157 g/mol. The number of nitrogens with one attached hydrogen (secondary N) is 1. The zero-order chi connectivity index (χ0) is 8.32. The number of rotatable bonds is 2. The summed E-state index contributed by atoms with van der Waals surface area (Å²) in [6, 6.07) is 0.272. The van der Waals surface area contributed by atoms with E-state index >= 15 is 0 Å². The Kier molecular flexibility index (Phi) is 2.49. The van der Waals surface area contributed by atoms with Crippen molar-refractivity contribution < 1.29 is 9.53 Å². The first-order chi connectivity index (χ1) is 5.17. The van der Waals surface area contributed by atoms with E-state index in [0.29, 0.717) is 0 Å². The quantitative estimate of drug-likeness (QED) is 0.594. The van der Waals surface area contributed by atoms with E-state index in [9.17, 15) is 4.79 Å². The first kappa shape index (κ1) is 8.53. The van der Waals surface area contributed by atoms with Crippen LogP contribution in [0.25, 0.3) is 0 Å². The third-order valence-corrected chi connectivity index (χ3v) is 2.24. The highest BCUT2D eigenvalue weighted by atomic mass is 16.5. The number of carbonyl (C=O) groups excluding carboxylic acids is 1. The van der Waals surface area contributed by atoms with E-state index in [1.54, 1.807) is 0 Å². The number of hydrogen-bond acceptors (Lipinski definition) is 2. The summed E-state index contributed by atoms with van der Waals surface area (Å²) in [5, 5.41) is 2.81. The molecule has 0 aromatic carbocycles. The topological polar surface area (TPSA) is 38.3 Å². The molecule has 3 nitrogen and oxygen atoms in total. The fourth-order valence-electron chi connectivity index (χ4n) is 1.42. The van der Waals surface area contributed by atoms with Crippen LogP contribution in [0.2, 0.25) is 0 Å². The minimum atomic E-state index is 0.0825. The summed E-state index contributed by atoms with van der Waals surface area (Å²) in [5.41, 5.74) is 0.0825. The molecule has 1 aliphatic heterocycles. The molecule has 0 spiro atoms. The second-order valence-electron chi connectivity index (χ2n) is 3.67. The Bertz CT molecular complexity index is 145. The van der Waals surface area contributed by atoms with Crippen molar-refractivity contribution in [3.8, 4) is 0 Å². The molecule has 3 heteroatoms. The van der Waals surface area contributed by atoms with Gasteiger partial charge in [-0.05, 0) is 6.42 Å². The average Bonchev–Trinajstić information content (AvgIpc) is 1.94. The van der Waals surface area contributed by atoms with Gasteiger partial charge in [0.2, 0.25) is 6.41 Å². The van der Waals surface area contributed by atoms with Crippen LogP contribution >= 0.6 is 0 Å². The molecule has 1 aliphatic rings. The zero-order valence-electron chi connectivity index (χ0n) is 7.09. The summed E-state index contributed by atoms with van der Waals surface area (Å²) in [6.07, 6.45) is 1.70. The molecule has 0 aliphatic carbocycles. The Morgan fingerprint density at radius 3 is 2.91 bits per heavy atom. The lowest BCUT2D eigenvalue weighted by Crippen LogP contribution is -2.47. The Labute approximate surface area is 67.1 Å². The molecule has 0 bridgehead atoms. The second kappa shape index (κ2) is 3.22. The molecule has 1 unspecified atom stereocenters. The van der Waals surface area contributed by atoms with Gasteiger partial charge in [-0.2, -0.15) is 0 Å². The number of amides is 1. The first-order valence-electron chi connectivity index (χ1n) is 3.94. The lowest BCUT2D eigenvalue weighted by Gasteiger charge is -2.37. The van der Waals surface area contributed by atoms with E-state index in [0.717, 1.165) is 26.0 Å². The molecule has 1 atom stereocenters. The van der Waals surface area contributed by atoms with E-state index < -0.39 is 0 Å². The van der Waals surface area contributed by atoms with Crippen molar-refractivity contribution >= 4 is 6.41 Å². The molecule has 1 amide bonds. The summed E-state index contributed by atoms with van der Waals surface area (Å²) in [7, 11) is 0. The average molecular weight is 157 g/mol. The molecule has 1 fully saturated rings. The molecule has 0 aromatic heterocycles. The Morgan fingerprint density at radius 2 is 2.36 bits per heavy atom. The number of ether oxygens (including phenoxy) is 1. The maximum absolute atomic E-state index is 10.2. The molecule has 1 rings (SSSR count). The Morgan fingerprint density at radius 1 is 1.64 bits per heavy atom. The number of carbonyl (C=O) groups is 1. The van der Waals surface area contributed by atoms with Gasteiger partial charge in [0.1, 0.15) is 0 Å². The van der Waals surface area contributed by atoms with Gasteiger partial charge < -0.3 is 10.1 Å². The van der Waals surface area contributed by atoms with Crippen molar-refractivity contribution in [3.63, 3.8) is 0 Å². The summed E-state index contributed by atoms with van der Waals surface area (Å²) in [5.74, 6) is 0. The molecule has 64 valence electrons. The maximum atomic E-state index is 10.2. The van der Waals surface area contributed by atoms with E-state index in [2.05, 4.69) is 19.2 Å². The van der Waals surface area contributed by atoms with Gasteiger partial charge in [-0.3, -0.25) is 4.79 Å². The molecule has 1 N–H and O–H groups in total. The SMILES string of the molecule is CC1(C)COCCC1NC=O. The van der Waals surface area contributed by atoms with Crippen LogP contribution in [0, 0.1) is 5.41 Å². The highest BCUT2D eigenvalue weighted by Gasteiger charge is 2.32. The van der Waals surface area contributed by atoms with Gasteiger partial charge in [0.25, 0.3) is 0 Å². The van der Waals surface area contributed by atoms with Crippen LogP contribution in [0.3, 0.4) is 0 Å². The predicted molar refractivity (Wildman–Crippen MR) is 42.2 cm³/mol. The Balaban J connectivity index is 2.52. The van der Waals surface area contributed by atoms with Crippen molar-refractivity contribution in [1.29, 1.82) is 0 Å². The molecule has 0 radical (unpaired) electrons. The van der Waals surface area contributed by atoms with Gasteiger partial charge in [0, 0.05) is 18.1 Å². The van der Waals surface area contributed by atoms with E-state index in [-0.39, 0.29) is 11.5 Å². The van der Waals surface area contributed by atoms with Crippen LogP contribution in [0.15, 0.2) is 0 Å². The lowest BCUT2D eigenvalue weighted by atomic mass is 9.82. The van der Waals surface area contributed by atoms with Crippen molar-refractivity contribution in [1.82, 2.24) is 5.32 Å². The van der Waals surface area contributed by atoms with Crippen molar-refractivity contribution in [2.24, 2.45) is 5.41 Å². The molecular formula is C8H15NO2. The first-order valence-corrected chi connectivity index (χ1v) is 3.94. The third-order valence-electron chi connectivity index (χ3n) is 2.24. The zero-order valence-corrected chi connectivity index (χ0v) is 7.09. The van der Waals surface area contributed by atoms with E-state index in [1.807, 2.05) is 0 Å². The maximum Gasteiger partial charge on any atom is 0.207 e. The van der Waals surface area contributed by atoms with Gasteiger partial charge in [-0.15, -0.1) is 0 Å². The molecule has 1 heterocycles. The molecule has 1 saturated heterocycles. The summed E-state index contributed by atoms with van der Waals surface area (Å²) in [6.45, 7) is 5.70. The van der Waals surface area contributed by atoms with Crippen molar-refractivity contribution in [2.45, 2.75) is 26.3 Å². The van der Waals surface area contributed by atoms with Crippen LogP contribution < -0.4 is 5.32 Å². The van der Waals surface area contributed by atoms with Gasteiger partial charge in [0.05, 0.1) is 6.61 Å². The highest BCUT2D eigenvalue weighted by molar-refractivity contribution is 5.47. The van der Waals surface area contributed by atoms with E-state index in [1.165, 1.54) is 0 Å². The largest absolute Gasteiger partial charge is 0.381 e. The van der Waals surface area contributed by atoms with Gasteiger partial charge in [-0.1, -0.05) is 13.8 Å². The van der Waals surface area contributed by atoms with Gasteiger partial charge in [-0.25, -0.2) is 0 Å². The van der Waals surface area contributed by atoms with E-state index in [4.69, 9.17) is 4.74 Å². The lowest BCUT2D eigenvalue weighted by molar-refractivity contribution is -0.112. The predicted octanol–water partition coefficient (Wildman–Crippen LogP) is 0.547. The second-order valence-corrected chi connectivity index (χ2v) is 3.67. The molecular weight excluding hydrogens is 142 g/mol. The number of hydrogen-bond donors (Lipinski definition) is 1. The normalized spacial score (nSPS) is 29.5. The fourth-order valence-corrected chi connectivity index (χ4v) is 1.42. The minimum Gasteiger partial charge on any atom is -0.381 e. The highest BCUT2D eigenvalue weighted by Crippen LogP contribution is 2.26. The van der Waals surface area contributed by atoms with Crippen LogP contribution in [-0.2, 0) is 9.53 Å². The third kappa shape index (κ3) is 1.93. The minimum absolute atomic E-state index is 0.0825. The smallest absolute Gasteiger partial charge is 0.207 e. The molecule has 0 saturated carbocycles. The summed E-state index contributed by atoms with van der Waals surface area (Å²) < 4.78 is 5.31. The summed E-state index contributed by atoms with van der Waals surface area (Å²) >= 11 is 0. The van der Waals surface area contributed by atoms with Gasteiger partial charge in [0.15, 0.2) is 0 Å². The molecule has 0 aromatic rings. The van der Waals surface area contributed by atoms with Crippen LogP contribution in [0.1, 0.15) is 20.3 Å². The standard InChI is InChI=1S/C8H15NO2/c1-8(2)5-11-4-3-7(8)9-6-10/h6-7H,3-5H2,1-2H3,(H,9,10). The van der Waals surface area contributed by atoms with Crippen LogP contribution in [0.4, 0.5) is 0 Å². The fraction of sp³-hybridized carbons (Fsp3) is 0.875. The molecule has 11 heavy (non-hydrogen) atoms.